The van der Waals surface area contributed by atoms with Crippen molar-refractivity contribution in [3.63, 3.8) is 0 Å². The Balaban J connectivity index is 1.29. The molecule has 1 aliphatic heterocycles. The Hall–Kier alpha value is -3.90. The molecule has 0 radical (unpaired) electrons. The first kappa shape index (κ1) is 26.0. The quantitative estimate of drug-likeness (QED) is 0.216. The molecule has 0 N–H and O–H groups in total. The predicted octanol–water partition coefficient (Wildman–Crippen LogP) is 7.20. The van der Waals surface area contributed by atoms with E-state index in [-0.39, 0.29) is 11.6 Å². The van der Waals surface area contributed by atoms with Crippen molar-refractivity contribution in [3.8, 4) is 5.75 Å². The average molecular weight is 596 g/mol. The fraction of sp³-hybridized carbons (Fsp3) is 0.118. The predicted molar refractivity (Wildman–Crippen MR) is 166 cm³/mol. The zero-order valence-electron chi connectivity index (χ0n) is 21.9. The van der Waals surface area contributed by atoms with Crippen molar-refractivity contribution in [3.05, 3.63) is 160 Å². The Bertz CT molecular complexity index is 2010. The summed E-state index contributed by atoms with van der Waals surface area (Å²) in [7, 11) is 0. The Kier molecular flexibility index (Phi) is 6.87. The number of aromatic nitrogens is 1. The van der Waals surface area contributed by atoms with Gasteiger partial charge in [0, 0.05) is 21.2 Å². The lowest BCUT2D eigenvalue weighted by Gasteiger charge is -2.30. The van der Waals surface area contributed by atoms with Gasteiger partial charge in [-0.05, 0) is 65.4 Å². The van der Waals surface area contributed by atoms with E-state index in [2.05, 4.69) is 36.4 Å². The van der Waals surface area contributed by atoms with Crippen LogP contribution in [0.15, 0.2) is 112 Å². The van der Waals surface area contributed by atoms with Crippen molar-refractivity contribution < 1.29 is 4.74 Å². The smallest absolute Gasteiger partial charge is 0.271 e. The van der Waals surface area contributed by atoms with Gasteiger partial charge in [-0.15, -0.1) is 0 Å². The molecular formula is C34H24Cl2N2O2S. The standard InChI is InChI=1S/C34H24Cl2N2O2S/c35-25-15-13-24(29(36)19-25)20-40-26-11-6-7-21(17-26)18-30-33(39)38-32(23-9-2-1-3-10-23)28-16-14-22-8-4-5-12-27(22)31(28)37-34(38)41-30/h1-13,15,17-19,32H,14,16,20H2/b30-18+/t32-/m0/s1. The van der Waals surface area contributed by atoms with Gasteiger partial charge < -0.3 is 4.74 Å². The summed E-state index contributed by atoms with van der Waals surface area (Å²) in [5.74, 6) is 0.687. The molecule has 0 fully saturated rings. The molecule has 1 aromatic heterocycles. The third-order valence-electron chi connectivity index (χ3n) is 7.55. The summed E-state index contributed by atoms with van der Waals surface area (Å²) in [6.45, 7) is 0.311. The fourth-order valence-electron chi connectivity index (χ4n) is 5.60. The number of nitrogens with zero attached hydrogens (tertiary/aromatic N) is 2. The van der Waals surface area contributed by atoms with E-state index >= 15 is 0 Å². The van der Waals surface area contributed by atoms with Crippen LogP contribution >= 0.6 is 34.5 Å². The highest BCUT2D eigenvalue weighted by Crippen LogP contribution is 2.41. The van der Waals surface area contributed by atoms with E-state index in [1.165, 1.54) is 22.5 Å². The number of halogens is 2. The number of ether oxygens (including phenoxy) is 1. The molecule has 41 heavy (non-hydrogen) atoms. The second-order valence-electron chi connectivity index (χ2n) is 10.1. The molecule has 5 aromatic rings. The van der Waals surface area contributed by atoms with Gasteiger partial charge in [-0.1, -0.05) is 107 Å². The summed E-state index contributed by atoms with van der Waals surface area (Å²) in [6, 6.07) is 31.6. The van der Waals surface area contributed by atoms with Crippen molar-refractivity contribution in [2.24, 2.45) is 4.99 Å². The van der Waals surface area contributed by atoms with Gasteiger partial charge in [0.25, 0.3) is 5.56 Å². The van der Waals surface area contributed by atoms with Gasteiger partial charge >= 0.3 is 0 Å². The summed E-state index contributed by atoms with van der Waals surface area (Å²) >= 11 is 13.8. The minimum Gasteiger partial charge on any atom is -0.489 e. The highest BCUT2D eigenvalue weighted by Gasteiger charge is 2.32. The van der Waals surface area contributed by atoms with Crippen molar-refractivity contribution in [2.45, 2.75) is 25.5 Å². The molecule has 2 aliphatic rings. The molecule has 4 nitrogen and oxygen atoms in total. The third-order valence-corrected chi connectivity index (χ3v) is 9.12. The molecule has 7 rings (SSSR count). The second kappa shape index (κ2) is 10.8. The van der Waals surface area contributed by atoms with Crippen molar-refractivity contribution in [1.82, 2.24) is 4.57 Å². The molecule has 0 amide bonds. The maximum atomic E-state index is 14.0. The van der Waals surface area contributed by atoms with E-state index in [0.717, 1.165) is 45.6 Å². The number of fused-ring (bicyclic) bond motifs is 3. The second-order valence-corrected chi connectivity index (χ2v) is 12.0. The Morgan fingerprint density at radius 3 is 2.61 bits per heavy atom. The lowest BCUT2D eigenvalue weighted by atomic mass is 9.83. The van der Waals surface area contributed by atoms with Crippen LogP contribution in [0, 0.1) is 0 Å². The third kappa shape index (κ3) is 4.95. The molecule has 4 aromatic carbocycles. The maximum Gasteiger partial charge on any atom is 0.271 e. The van der Waals surface area contributed by atoms with Gasteiger partial charge in [-0.25, -0.2) is 4.99 Å². The summed E-state index contributed by atoms with van der Waals surface area (Å²) in [6.07, 6.45) is 3.73. The van der Waals surface area contributed by atoms with E-state index in [1.54, 1.807) is 12.1 Å². The number of hydrogen-bond donors (Lipinski definition) is 0. The van der Waals surface area contributed by atoms with Gasteiger partial charge in [-0.2, -0.15) is 0 Å². The van der Waals surface area contributed by atoms with Crippen LogP contribution in [-0.4, -0.2) is 4.57 Å². The van der Waals surface area contributed by atoms with Gasteiger partial charge in [0.05, 0.1) is 16.3 Å². The van der Waals surface area contributed by atoms with E-state index in [1.807, 2.05) is 59.2 Å². The zero-order valence-corrected chi connectivity index (χ0v) is 24.2. The first-order chi connectivity index (χ1) is 20.0. The minimum absolute atomic E-state index is 0.0349. The van der Waals surface area contributed by atoms with E-state index in [0.29, 0.717) is 26.9 Å². The van der Waals surface area contributed by atoms with Crippen LogP contribution in [-0.2, 0) is 13.0 Å². The highest BCUT2D eigenvalue weighted by molar-refractivity contribution is 7.07. The molecule has 7 heteroatoms. The van der Waals surface area contributed by atoms with Crippen molar-refractivity contribution in [1.29, 1.82) is 0 Å². The van der Waals surface area contributed by atoms with Crippen LogP contribution in [0.3, 0.4) is 0 Å². The summed E-state index contributed by atoms with van der Waals surface area (Å²) in [4.78, 5) is 19.8. The van der Waals surface area contributed by atoms with E-state index in [9.17, 15) is 4.79 Å². The molecule has 0 spiro atoms. The molecule has 0 unspecified atom stereocenters. The van der Waals surface area contributed by atoms with Gasteiger partial charge in [0.2, 0.25) is 0 Å². The van der Waals surface area contributed by atoms with Crippen LogP contribution in [0.5, 0.6) is 5.75 Å². The number of aryl methyl sites for hydroxylation is 1. The van der Waals surface area contributed by atoms with Crippen LogP contribution < -0.4 is 19.6 Å². The first-order valence-corrected chi connectivity index (χ1v) is 15.0. The average Bonchev–Trinajstić information content (AvgIpc) is 3.30. The number of allylic oxidation sites excluding steroid dienone is 1. The molecule has 2 heterocycles. The lowest BCUT2D eigenvalue weighted by Crippen LogP contribution is -2.38. The molecule has 0 bridgehead atoms. The van der Waals surface area contributed by atoms with E-state index in [4.69, 9.17) is 32.9 Å². The monoisotopic (exact) mass is 594 g/mol. The van der Waals surface area contributed by atoms with E-state index < -0.39 is 0 Å². The number of hydrogen-bond acceptors (Lipinski definition) is 4. The van der Waals surface area contributed by atoms with Crippen molar-refractivity contribution in [2.75, 3.05) is 0 Å². The number of thiazole rings is 1. The molecule has 1 atom stereocenters. The summed E-state index contributed by atoms with van der Waals surface area (Å²) < 4.78 is 8.53. The normalized spacial score (nSPS) is 16.0. The molecule has 202 valence electrons. The SMILES string of the molecule is O=c1/c(=C\c2cccc(OCc3ccc(Cl)cc3Cl)c2)sc2n1[C@@H](c1ccccc1)C1=C(N=2)c2ccccc2CC1. The Morgan fingerprint density at radius 2 is 1.76 bits per heavy atom. The van der Waals surface area contributed by atoms with Crippen molar-refractivity contribution >= 4 is 46.3 Å². The molecule has 0 saturated heterocycles. The van der Waals surface area contributed by atoms with Gasteiger partial charge in [0.15, 0.2) is 4.80 Å². The largest absolute Gasteiger partial charge is 0.489 e. The van der Waals surface area contributed by atoms with Crippen LogP contribution in [0.25, 0.3) is 11.8 Å². The molecule has 1 aliphatic carbocycles. The first-order valence-electron chi connectivity index (χ1n) is 13.4. The molecule has 0 saturated carbocycles. The highest BCUT2D eigenvalue weighted by atomic mass is 35.5. The van der Waals surface area contributed by atoms with Gasteiger partial charge in [-0.3, -0.25) is 9.36 Å². The van der Waals surface area contributed by atoms with Gasteiger partial charge in [0.1, 0.15) is 12.4 Å². The lowest BCUT2D eigenvalue weighted by molar-refractivity contribution is 0.306. The Morgan fingerprint density at radius 1 is 0.927 bits per heavy atom. The van der Waals surface area contributed by atoms with Crippen LogP contribution in [0.1, 0.15) is 40.3 Å². The van der Waals surface area contributed by atoms with Crippen LogP contribution in [0.4, 0.5) is 0 Å². The zero-order chi connectivity index (χ0) is 27.9. The summed E-state index contributed by atoms with van der Waals surface area (Å²) in [5, 5.41) is 1.15. The Labute approximate surface area is 251 Å². The minimum atomic E-state index is -0.184. The summed E-state index contributed by atoms with van der Waals surface area (Å²) in [5.41, 5.74) is 7.46. The van der Waals surface area contributed by atoms with Crippen LogP contribution in [0.2, 0.25) is 10.0 Å². The topological polar surface area (TPSA) is 43.6 Å². The number of benzene rings is 4. The maximum absolute atomic E-state index is 14.0. The molecular weight excluding hydrogens is 571 g/mol. The number of rotatable bonds is 5. The fourth-order valence-corrected chi connectivity index (χ4v) is 7.07.